The van der Waals surface area contributed by atoms with Crippen LogP contribution in [0.5, 0.6) is 0 Å². The molecular weight excluding hydrogens is 334 g/mol. The summed E-state index contributed by atoms with van der Waals surface area (Å²) >= 11 is 0. The number of sulfone groups is 2. The molecule has 0 aromatic heterocycles. The van der Waals surface area contributed by atoms with E-state index >= 15 is 0 Å². The highest BCUT2D eigenvalue weighted by Crippen LogP contribution is 2.26. The average Bonchev–Trinajstić information content (AvgIpc) is 2.83. The second-order valence-electron chi connectivity index (χ2n) is 6.07. The van der Waals surface area contributed by atoms with Gasteiger partial charge in [0.25, 0.3) is 0 Å². The fourth-order valence-electron chi connectivity index (χ4n) is 2.87. The predicted molar refractivity (Wildman–Crippen MR) is 92.1 cm³/mol. The smallest absolute Gasteiger partial charge is 0.183 e. The molecule has 1 heterocycles. The highest BCUT2D eigenvalue weighted by molar-refractivity contribution is 7.96. The molecule has 0 aliphatic carbocycles. The van der Waals surface area contributed by atoms with Crippen LogP contribution in [0.4, 0.5) is 0 Å². The molecule has 0 saturated carbocycles. The van der Waals surface area contributed by atoms with Gasteiger partial charge in [-0.25, -0.2) is 16.8 Å². The first-order valence-corrected chi connectivity index (χ1v) is 11.4. The van der Waals surface area contributed by atoms with E-state index in [2.05, 4.69) is 5.32 Å². The van der Waals surface area contributed by atoms with Crippen LogP contribution in [-0.4, -0.2) is 46.2 Å². The van der Waals surface area contributed by atoms with Gasteiger partial charge in [-0.15, -0.1) is 0 Å². The van der Waals surface area contributed by atoms with Crippen molar-refractivity contribution in [3.05, 3.63) is 29.8 Å². The SMILES string of the molecule is CCCCN[C@H]1CS(=O)(=O)C[C@H]1S(=O)(=O)c1ccc(CC)cc1. The molecule has 1 fully saturated rings. The zero-order valence-electron chi connectivity index (χ0n) is 13.7. The van der Waals surface area contributed by atoms with Crippen molar-refractivity contribution in [1.29, 1.82) is 0 Å². The van der Waals surface area contributed by atoms with Gasteiger partial charge in [-0.05, 0) is 37.1 Å². The van der Waals surface area contributed by atoms with Crippen LogP contribution in [0.25, 0.3) is 0 Å². The minimum absolute atomic E-state index is 0.104. The van der Waals surface area contributed by atoms with Crippen LogP contribution in [0.15, 0.2) is 29.2 Å². The van der Waals surface area contributed by atoms with E-state index in [1.54, 1.807) is 24.3 Å². The molecule has 1 aliphatic heterocycles. The average molecular weight is 360 g/mol. The molecular formula is C16H25NO4S2. The lowest BCUT2D eigenvalue weighted by Gasteiger charge is -2.20. The maximum atomic E-state index is 12.9. The monoisotopic (exact) mass is 359 g/mol. The van der Waals surface area contributed by atoms with Gasteiger partial charge < -0.3 is 5.32 Å². The van der Waals surface area contributed by atoms with Crippen molar-refractivity contribution < 1.29 is 16.8 Å². The van der Waals surface area contributed by atoms with E-state index in [1.165, 1.54) is 0 Å². The van der Waals surface area contributed by atoms with Crippen LogP contribution in [0.2, 0.25) is 0 Å². The number of nitrogens with one attached hydrogen (secondary N) is 1. The van der Waals surface area contributed by atoms with Gasteiger partial charge >= 0.3 is 0 Å². The molecule has 1 N–H and O–H groups in total. The summed E-state index contributed by atoms with van der Waals surface area (Å²) in [4.78, 5) is 0.207. The zero-order chi connectivity index (χ0) is 17.1. The normalized spacial score (nSPS) is 23.9. The summed E-state index contributed by atoms with van der Waals surface area (Å²) in [5.41, 5.74) is 1.06. The number of unbranched alkanes of at least 4 members (excludes halogenated alkanes) is 1. The largest absolute Gasteiger partial charge is 0.312 e. The molecule has 0 amide bonds. The third-order valence-corrected chi connectivity index (χ3v) is 8.46. The maximum absolute atomic E-state index is 12.9. The van der Waals surface area contributed by atoms with Crippen molar-refractivity contribution >= 4 is 19.7 Å². The molecule has 0 unspecified atom stereocenters. The fraction of sp³-hybridized carbons (Fsp3) is 0.625. The van der Waals surface area contributed by atoms with Crippen molar-refractivity contribution in [1.82, 2.24) is 5.32 Å². The zero-order valence-corrected chi connectivity index (χ0v) is 15.3. The lowest BCUT2D eigenvalue weighted by Crippen LogP contribution is -2.43. The van der Waals surface area contributed by atoms with E-state index in [0.717, 1.165) is 24.8 Å². The van der Waals surface area contributed by atoms with Crippen LogP contribution < -0.4 is 5.32 Å². The summed E-state index contributed by atoms with van der Waals surface area (Å²) < 4.78 is 49.6. The summed E-state index contributed by atoms with van der Waals surface area (Å²) in [6, 6.07) is 6.22. The Labute approximate surface area is 139 Å². The Morgan fingerprint density at radius 3 is 2.35 bits per heavy atom. The fourth-order valence-corrected chi connectivity index (χ4v) is 7.58. The van der Waals surface area contributed by atoms with E-state index in [1.807, 2.05) is 13.8 Å². The van der Waals surface area contributed by atoms with E-state index in [0.29, 0.717) is 6.54 Å². The Balaban J connectivity index is 2.27. The van der Waals surface area contributed by atoms with Gasteiger partial charge in [-0.2, -0.15) is 0 Å². The molecule has 0 spiro atoms. The molecule has 7 heteroatoms. The van der Waals surface area contributed by atoms with Gasteiger partial charge in [-0.3, -0.25) is 0 Å². The lowest BCUT2D eigenvalue weighted by molar-refractivity contribution is 0.518. The maximum Gasteiger partial charge on any atom is 0.183 e. The summed E-state index contributed by atoms with van der Waals surface area (Å²) in [5, 5.41) is 2.22. The number of hydrogen-bond acceptors (Lipinski definition) is 5. The van der Waals surface area contributed by atoms with Gasteiger partial charge in [0, 0.05) is 6.04 Å². The summed E-state index contributed by atoms with van der Waals surface area (Å²) in [6.07, 6.45) is 2.70. The van der Waals surface area contributed by atoms with E-state index in [9.17, 15) is 16.8 Å². The Kier molecular flexibility index (Phi) is 5.86. The van der Waals surface area contributed by atoms with Gasteiger partial charge in [0.05, 0.1) is 21.7 Å². The minimum atomic E-state index is -3.66. The highest BCUT2D eigenvalue weighted by Gasteiger charge is 2.45. The minimum Gasteiger partial charge on any atom is -0.312 e. The molecule has 0 bridgehead atoms. The highest BCUT2D eigenvalue weighted by atomic mass is 32.2. The molecule has 2 rings (SSSR count). The molecule has 1 aromatic rings. The number of rotatable bonds is 7. The van der Waals surface area contributed by atoms with E-state index in [4.69, 9.17) is 0 Å². The van der Waals surface area contributed by atoms with Gasteiger partial charge in [0.15, 0.2) is 19.7 Å². The first kappa shape index (κ1) is 18.4. The second kappa shape index (κ2) is 7.32. The molecule has 1 aliphatic rings. The number of aryl methyl sites for hydroxylation is 1. The summed E-state index contributed by atoms with van der Waals surface area (Å²) in [5.74, 6) is -0.400. The Morgan fingerprint density at radius 1 is 1.13 bits per heavy atom. The van der Waals surface area contributed by atoms with Crippen molar-refractivity contribution in [2.24, 2.45) is 0 Å². The molecule has 1 aromatic carbocycles. The van der Waals surface area contributed by atoms with E-state index < -0.39 is 31.0 Å². The third-order valence-electron chi connectivity index (χ3n) is 4.30. The van der Waals surface area contributed by atoms with Crippen LogP contribution in [0.1, 0.15) is 32.3 Å². The van der Waals surface area contributed by atoms with Crippen LogP contribution in [0.3, 0.4) is 0 Å². The Morgan fingerprint density at radius 2 is 1.78 bits per heavy atom. The second-order valence-corrected chi connectivity index (χ2v) is 10.4. The van der Waals surface area contributed by atoms with Crippen molar-refractivity contribution in [2.75, 3.05) is 18.1 Å². The van der Waals surface area contributed by atoms with Crippen molar-refractivity contribution in [3.8, 4) is 0 Å². The first-order chi connectivity index (χ1) is 10.8. The standard InChI is InChI=1S/C16H25NO4S2/c1-3-5-10-17-15-11-22(18,19)12-16(15)23(20,21)14-8-6-13(4-2)7-9-14/h6-9,15-17H,3-5,10-12H2,1-2H3/t15-,16+/m0/s1. The van der Waals surface area contributed by atoms with E-state index in [-0.39, 0.29) is 16.4 Å². The van der Waals surface area contributed by atoms with Crippen LogP contribution >= 0.6 is 0 Å². The first-order valence-electron chi connectivity index (χ1n) is 8.07. The van der Waals surface area contributed by atoms with Gasteiger partial charge in [-0.1, -0.05) is 32.4 Å². The summed E-state index contributed by atoms with van der Waals surface area (Å²) in [7, 11) is -6.99. The Hall–Kier alpha value is -0.920. The molecule has 2 atom stereocenters. The molecule has 1 saturated heterocycles. The van der Waals surface area contributed by atoms with Crippen LogP contribution in [-0.2, 0) is 26.1 Å². The molecule has 130 valence electrons. The number of benzene rings is 1. The number of hydrogen-bond donors (Lipinski definition) is 1. The quantitative estimate of drug-likeness (QED) is 0.748. The molecule has 5 nitrogen and oxygen atoms in total. The molecule has 23 heavy (non-hydrogen) atoms. The lowest BCUT2D eigenvalue weighted by atomic mass is 10.2. The van der Waals surface area contributed by atoms with Crippen molar-refractivity contribution in [3.63, 3.8) is 0 Å². The Bertz CT molecular complexity index is 724. The topological polar surface area (TPSA) is 80.3 Å². The predicted octanol–water partition coefficient (Wildman–Crippen LogP) is 1.58. The summed E-state index contributed by atoms with van der Waals surface area (Å²) in [6.45, 7) is 4.68. The third kappa shape index (κ3) is 4.33. The van der Waals surface area contributed by atoms with Crippen LogP contribution in [0, 0.1) is 0 Å². The van der Waals surface area contributed by atoms with Gasteiger partial charge in [0.1, 0.15) is 0 Å². The molecule has 0 radical (unpaired) electrons. The van der Waals surface area contributed by atoms with Gasteiger partial charge in [0.2, 0.25) is 0 Å². The van der Waals surface area contributed by atoms with Crippen molar-refractivity contribution in [2.45, 2.75) is 49.3 Å².